The zero-order valence-corrected chi connectivity index (χ0v) is 21.8. The molecule has 0 spiro atoms. The van der Waals surface area contributed by atoms with E-state index < -0.39 is 28.7 Å². The number of aliphatic hydroxyl groups is 1. The van der Waals surface area contributed by atoms with Crippen LogP contribution in [-0.4, -0.2) is 38.4 Å². The number of rotatable bonds is 6. The molecule has 3 unspecified atom stereocenters. The Morgan fingerprint density at radius 3 is 2.58 bits per heavy atom. The van der Waals surface area contributed by atoms with Gasteiger partial charge < -0.3 is 20.3 Å². The fraction of sp³-hybridized carbons (Fsp3) is 0.536. The van der Waals surface area contributed by atoms with Gasteiger partial charge in [-0.25, -0.2) is 4.39 Å². The lowest BCUT2D eigenvalue weighted by Gasteiger charge is -2.52. The van der Waals surface area contributed by atoms with Gasteiger partial charge in [0.1, 0.15) is 5.82 Å². The average molecular weight is 498 g/mol. The van der Waals surface area contributed by atoms with Gasteiger partial charge in [0, 0.05) is 24.0 Å². The van der Waals surface area contributed by atoms with Gasteiger partial charge in [-0.05, 0) is 88.1 Å². The number of hydrogen-bond donors (Lipinski definition) is 3. The van der Waals surface area contributed by atoms with Crippen molar-refractivity contribution >= 4 is 23.3 Å². The standard InChI is InChI=1S/C28H36FN3O4/c1-6-28(36)14-19-8-7-11-27(13-19,15-28)31-26(35)24(33)23-17(3)22(18(4)32(23)5)25(34)30-20-9-10-21(29)16(2)12-20/h9-10,12,19,36H,6-8,11,13-15H2,1-5H3,(H,30,34)(H,31,35). The summed E-state index contributed by atoms with van der Waals surface area (Å²) in [6.07, 6.45) is 5.27. The van der Waals surface area contributed by atoms with Gasteiger partial charge in [0.2, 0.25) is 0 Å². The number of carbonyl (C=O) groups is 3. The molecule has 36 heavy (non-hydrogen) atoms. The van der Waals surface area contributed by atoms with Crippen LogP contribution >= 0.6 is 0 Å². The van der Waals surface area contributed by atoms with E-state index in [0.717, 1.165) is 32.1 Å². The van der Waals surface area contributed by atoms with Crippen LogP contribution in [0.15, 0.2) is 18.2 Å². The van der Waals surface area contributed by atoms with Gasteiger partial charge >= 0.3 is 0 Å². The lowest BCUT2D eigenvalue weighted by atomic mass is 9.61. The van der Waals surface area contributed by atoms with Crippen molar-refractivity contribution in [1.82, 2.24) is 9.88 Å². The van der Waals surface area contributed by atoms with Crippen molar-refractivity contribution in [2.24, 2.45) is 13.0 Å². The molecule has 2 bridgehead atoms. The molecule has 1 heterocycles. The highest BCUT2D eigenvalue weighted by atomic mass is 19.1. The summed E-state index contributed by atoms with van der Waals surface area (Å²) in [5.74, 6) is -1.87. The molecule has 0 aliphatic heterocycles. The molecular formula is C28H36FN3O4. The third-order valence-electron chi connectivity index (χ3n) is 8.31. The molecule has 0 radical (unpaired) electrons. The quantitative estimate of drug-likeness (QED) is 0.404. The highest BCUT2D eigenvalue weighted by molar-refractivity contribution is 6.43. The Balaban J connectivity index is 1.57. The first-order valence-electron chi connectivity index (χ1n) is 12.7. The van der Waals surface area contributed by atoms with E-state index in [9.17, 15) is 23.9 Å². The number of ketones is 1. The number of carbonyl (C=O) groups excluding carboxylic acids is 3. The Bertz CT molecular complexity index is 1240. The molecule has 2 amide bonds. The minimum absolute atomic E-state index is 0.163. The zero-order valence-electron chi connectivity index (χ0n) is 21.8. The molecule has 194 valence electrons. The van der Waals surface area contributed by atoms with Gasteiger partial charge in [0.05, 0.1) is 16.9 Å². The van der Waals surface area contributed by atoms with Crippen molar-refractivity contribution in [3.8, 4) is 0 Å². The molecule has 2 aromatic rings. The third-order valence-corrected chi connectivity index (χ3v) is 8.31. The molecule has 0 saturated heterocycles. The van der Waals surface area contributed by atoms with E-state index in [4.69, 9.17) is 0 Å². The second kappa shape index (κ2) is 9.47. The van der Waals surface area contributed by atoms with E-state index in [1.165, 1.54) is 12.1 Å². The first kappa shape index (κ1) is 26.1. The number of aryl methyl sites for hydroxylation is 1. The molecule has 4 rings (SSSR count). The maximum atomic E-state index is 13.6. The second-order valence-electron chi connectivity index (χ2n) is 10.9. The SMILES string of the molecule is CCC1(O)CC2CCCC(NC(=O)C(=O)c3c(C)c(C(=O)Nc4ccc(F)c(C)c4)c(C)n3C)(C2)C1. The van der Waals surface area contributed by atoms with Gasteiger partial charge in [0.25, 0.3) is 17.6 Å². The van der Waals surface area contributed by atoms with E-state index in [-0.39, 0.29) is 11.5 Å². The summed E-state index contributed by atoms with van der Waals surface area (Å²) >= 11 is 0. The highest BCUT2D eigenvalue weighted by Gasteiger charge is 2.50. The van der Waals surface area contributed by atoms with Crippen LogP contribution in [0.4, 0.5) is 10.1 Å². The molecule has 2 saturated carbocycles. The molecule has 3 N–H and O–H groups in total. The van der Waals surface area contributed by atoms with Crippen LogP contribution in [0, 0.1) is 32.5 Å². The smallest absolute Gasteiger partial charge is 0.294 e. The fourth-order valence-corrected chi connectivity index (χ4v) is 6.44. The molecular weight excluding hydrogens is 461 g/mol. The summed E-state index contributed by atoms with van der Waals surface area (Å²) in [6, 6.07) is 4.31. The first-order chi connectivity index (χ1) is 16.9. The number of benzene rings is 1. The molecule has 2 aliphatic carbocycles. The van der Waals surface area contributed by atoms with Crippen molar-refractivity contribution in [2.75, 3.05) is 5.32 Å². The lowest BCUT2D eigenvalue weighted by Crippen LogP contribution is -2.60. The molecule has 8 heteroatoms. The number of anilines is 1. The van der Waals surface area contributed by atoms with Crippen LogP contribution in [0.1, 0.15) is 89.5 Å². The van der Waals surface area contributed by atoms with Crippen molar-refractivity contribution < 1.29 is 23.9 Å². The summed E-state index contributed by atoms with van der Waals surface area (Å²) < 4.78 is 15.2. The van der Waals surface area contributed by atoms with Gasteiger partial charge in [-0.15, -0.1) is 0 Å². The minimum atomic E-state index is -0.832. The predicted molar refractivity (Wildman–Crippen MR) is 136 cm³/mol. The Morgan fingerprint density at radius 1 is 1.19 bits per heavy atom. The van der Waals surface area contributed by atoms with Crippen LogP contribution in [0.25, 0.3) is 0 Å². The van der Waals surface area contributed by atoms with Crippen LogP contribution in [0.2, 0.25) is 0 Å². The fourth-order valence-electron chi connectivity index (χ4n) is 6.44. The van der Waals surface area contributed by atoms with Crippen molar-refractivity contribution in [1.29, 1.82) is 0 Å². The van der Waals surface area contributed by atoms with Crippen molar-refractivity contribution in [2.45, 2.75) is 83.8 Å². The summed E-state index contributed by atoms with van der Waals surface area (Å²) in [5.41, 5.74) is 0.866. The number of fused-ring (bicyclic) bond motifs is 2. The van der Waals surface area contributed by atoms with Gasteiger partial charge in [-0.2, -0.15) is 0 Å². The minimum Gasteiger partial charge on any atom is -0.390 e. The average Bonchev–Trinajstić information content (AvgIpc) is 3.03. The molecule has 2 fully saturated rings. The monoisotopic (exact) mass is 497 g/mol. The predicted octanol–water partition coefficient (Wildman–Crippen LogP) is 4.50. The van der Waals surface area contributed by atoms with E-state index in [1.54, 1.807) is 38.5 Å². The topological polar surface area (TPSA) is 100 Å². The van der Waals surface area contributed by atoms with Gasteiger partial charge in [0.15, 0.2) is 0 Å². The first-order valence-corrected chi connectivity index (χ1v) is 12.7. The van der Waals surface area contributed by atoms with Crippen molar-refractivity contribution in [3.63, 3.8) is 0 Å². The largest absolute Gasteiger partial charge is 0.390 e. The van der Waals surface area contributed by atoms with Gasteiger partial charge in [-0.3, -0.25) is 14.4 Å². The number of aromatic nitrogens is 1. The van der Waals surface area contributed by atoms with Crippen LogP contribution in [0.5, 0.6) is 0 Å². The summed E-state index contributed by atoms with van der Waals surface area (Å²) in [6.45, 7) is 6.95. The Morgan fingerprint density at radius 2 is 1.92 bits per heavy atom. The molecule has 1 aromatic carbocycles. The molecule has 2 aliphatic rings. The number of halogens is 1. The number of nitrogens with one attached hydrogen (secondary N) is 2. The lowest BCUT2D eigenvalue weighted by molar-refractivity contribution is -0.124. The Labute approximate surface area is 211 Å². The number of nitrogens with zero attached hydrogens (tertiary/aromatic N) is 1. The third kappa shape index (κ3) is 4.71. The molecule has 1 aromatic heterocycles. The number of amides is 2. The van der Waals surface area contributed by atoms with Crippen LogP contribution in [0.3, 0.4) is 0 Å². The second-order valence-corrected chi connectivity index (χ2v) is 10.9. The van der Waals surface area contributed by atoms with Crippen molar-refractivity contribution in [3.05, 3.63) is 52.1 Å². The molecule has 7 nitrogen and oxygen atoms in total. The summed E-state index contributed by atoms with van der Waals surface area (Å²) in [4.78, 5) is 39.8. The van der Waals surface area contributed by atoms with Crippen LogP contribution in [-0.2, 0) is 11.8 Å². The highest BCUT2D eigenvalue weighted by Crippen LogP contribution is 2.48. The zero-order chi connectivity index (χ0) is 26.4. The normalized spacial score (nSPS) is 25.4. The Kier molecular flexibility index (Phi) is 6.86. The van der Waals surface area contributed by atoms with E-state index in [2.05, 4.69) is 10.6 Å². The number of Topliss-reactive ketones (excluding diaryl/α,β-unsaturated/α-hetero) is 1. The summed E-state index contributed by atoms with van der Waals surface area (Å²) in [7, 11) is 1.66. The maximum Gasteiger partial charge on any atom is 0.294 e. The van der Waals surface area contributed by atoms with E-state index in [1.807, 2.05) is 6.92 Å². The van der Waals surface area contributed by atoms with Gasteiger partial charge in [-0.1, -0.05) is 19.8 Å². The number of hydrogen-bond acceptors (Lipinski definition) is 4. The summed E-state index contributed by atoms with van der Waals surface area (Å²) in [5, 5.41) is 16.8. The van der Waals surface area contributed by atoms with E-state index in [0.29, 0.717) is 46.8 Å². The van der Waals surface area contributed by atoms with Crippen LogP contribution < -0.4 is 10.6 Å². The molecule has 3 atom stereocenters. The Hall–Kier alpha value is -3.00. The van der Waals surface area contributed by atoms with E-state index >= 15 is 0 Å². The maximum absolute atomic E-state index is 13.6.